The zero-order valence-corrected chi connectivity index (χ0v) is 19.4. The predicted molar refractivity (Wildman–Crippen MR) is 116 cm³/mol. The summed E-state index contributed by atoms with van der Waals surface area (Å²) in [5.74, 6) is 5.62. The van der Waals surface area contributed by atoms with E-state index in [9.17, 15) is 0 Å². The lowest BCUT2D eigenvalue weighted by Crippen LogP contribution is -2.54. The molecular weight excluding hydrogens is 356 g/mol. The number of rotatable bonds is 0. The second kappa shape index (κ2) is 6.47. The van der Waals surface area contributed by atoms with Crippen molar-refractivity contribution in [3.05, 3.63) is 0 Å². The van der Waals surface area contributed by atoms with Crippen molar-refractivity contribution in [3.8, 4) is 0 Å². The van der Waals surface area contributed by atoms with E-state index in [-0.39, 0.29) is 5.79 Å². The normalized spacial score (nSPS) is 61.7. The molecule has 6 aliphatic rings. The highest BCUT2D eigenvalue weighted by molar-refractivity contribution is 5.15. The molecule has 0 bridgehead atoms. The van der Waals surface area contributed by atoms with Crippen molar-refractivity contribution in [2.24, 2.45) is 52.3 Å². The maximum Gasteiger partial charge on any atom is 0.171 e. The molecule has 2 heterocycles. The first-order valence-electron chi connectivity index (χ1n) is 13.2. The van der Waals surface area contributed by atoms with E-state index in [2.05, 4.69) is 27.7 Å². The summed E-state index contributed by atoms with van der Waals surface area (Å²) in [5.41, 5.74) is 1.13. The summed E-state index contributed by atoms with van der Waals surface area (Å²) in [7, 11) is 0. The van der Waals surface area contributed by atoms with Crippen LogP contribution >= 0.6 is 0 Å². The third-order valence-electron chi connectivity index (χ3n) is 11.9. The Balaban J connectivity index is 1.27. The highest BCUT2D eigenvalue weighted by Crippen LogP contribution is 2.71. The molecule has 4 saturated carbocycles. The van der Waals surface area contributed by atoms with Gasteiger partial charge in [0.2, 0.25) is 0 Å². The Labute approximate surface area is 178 Å². The standard InChI is InChI=1S/C27H44O2/c1-17-10-14-27(28-16-17)18(2)24-23(29-27)15-22-20-9-8-19-7-5-6-12-25(19,3)21(20)11-13-26(22,24)4/h17-24H,5-16H2,1-4H3/t17-,18-,19-,20+,21-,22-,23?,24?,25-,26-,27+/m0/s1. The molecule has 164 valence electrons. The smallest absolute Gasteiger partial charge is 0.171 e. The number of fused-ring (bicyclic) bond motifs is 7. The number of hydrogen-bond acceptors (Lipinski definition) is 2. The minimum atomic E-state index is -0.250. The molecule has 6 fully saturated rings. The maximum atomic E-state index is 6.92. The number of ether oxygens (including phenoxy) is 2. The first-order valence-corrected chi connectivity index (χ1v) is 13.2. The minimum Gasteiger partial charge on any atom is -0.349 e. The van der Waals surface area contributed by atoms with Crippen molar-refractivity contribution < 1.29 is 9.47 Å². The fourth-order valence-corrected chi connectivity index (χ4v) is 10.3. The van der Waals surface area contributed by atoms with Gasteiger partial charge in [-0.1, -0.05) is 40.5 Å². The summed E-state index contributed by atoms with van der Waals surface area (Å²) in [6.45, 7) is 11.1. The summed E-state index contributed by atoms with van der Waals surface area (Å²) in [4.78, 5) is 0. The zero-order valence-electron chi connectivity index (χ0n) is 19.4. The molecule has 2 nitrogen and oxygen atoms in total. The summed E-state index contributed by atoms with van der Waals surface area (Å²) in [6.07, 6.45) is 16.2. The van der Waals surface area contributed by atoms with Crippen LogP contribution < -0.4 is 0 Å². The molecule has 2 unspecified atom stereocenters. The van der Waals surface area contributed by atoms with Gasteiger partial charge >= 0.3 is 0 Å². The fraction of sp³-hybridized carbons (Fsp3) is 1.00. The molecule has 2 heteroatoms. The zero-order chi connectivity index (χ0) is 20.0. The van der Waals surface area contributed by atoms with Crippen LogP contribution in [0, 0.1) is 52.3 Å². The predicted octanol–water partition coefficient (Wildman–Crippen LogP) is 6.82. The van der Waals surface area contributed by atoms with E-state index in [0.717, 1.165) is 42.6 Å². The molecule has 11 atom stereocenters. The fourth-order valence-electron chi connectivity index (χ4n) is 10.3. The molecule has 0 aromatic heterocycles. The van der Waals surface area contributed by atoms with E-state index in [0.29, 0.717) is 28.8 Å². The van der Waals surface area contributed by atoms with Crippen LogP contribution in [0.3, 0.4) is 0 Å². The molecule has 0 N–H and O–H groups in total. The monoisotopic (exact) mass is 400 g/mol. The molecule has 29 heavy (non-hydrogen) atoms. The van der Waals surface area contributed by atoms with Crippen LogP contribution in [-0.4, -0.2) is 18.5 Å². The molecule has 2 aliphatic heterocycles. The minimum absolute atomic E-state index is 0.250. The summed E-state index contributed by atoms with van der Waals surface area (Å²) in [5, 5.41) is 0. The van der Waals surface area contributed by atoms with Gasteiger partial charge in [-0.05, 0) is 97.7 Å². The lowest BCUT2D eigenvalue weighted by Gasteiger charge is -2.61. The van der Waals surface area contributed by atoms with Crippen molar-refractivity contribution >= 4 is 0 Å². The van der Waals surface area contributed by atoms with Gasteiger partial charge in [0.15, 0.2) is 5.79 Å². The van der Waals surface area contributed by atoms with Gasteiger partial charge in [0, 0.05) is 12.3 Å². The Hall–Kier alpha value is -0.0800. The molecule has 4 aliphatic carbocycles. The Morgan fingerprint density at radius 3 is 2.45 bits per heavy atom. The van der Waals surface area contributed by atoms with Crippen LogP contribution in [0.15, 0.2) is 0 Å². The Bertz CT molecular complexity index is 651. The quantitative estimate of drug-likeness (QED) is 0.444. The van der Waals surface area contributed by atoms with Gasteiger partial charge in [0.1, 0.15) is 0 Å². The molecule has 0 amide bonds. The van der Waals surface area contributed by atoms with Gasteiger partial charge in [-0.15, -0.1) is 0 Å². The van der Waals surface area contributed by atoms with E-state index in [1.807, 2.05) is 0 Å². The molecule has 2 saturated heterocycles. The van der Waals surface area contributed by atoms with Gasteiger partial charge in [-0.3, -0.25) is 0 Å². The Kier molecular flexibility index (Phi) is 4.37. The molecule has 1 spiro atoms. The van der Waals surface area contributed by atoms with Gasteiger partial charge in [-0.2, -0.15) is 0 Å². The van der Waals surface area contributed by atoms with Crippen LogP contribution in [0.25, 0.3) is 0 Å². The lowest BCUT2D eigenvalue weighted by molar-refractivity contribution is -0.273. The topological polar surface area (TPSA) is 18.5 Å². The van der Waals surface area contributed by atoms with Gasteiger partial charge in [-0.25, -0.2) is 0 Å². The van der Waals surface area contributed by atoms with E-state index in [1.165, 1.54) is 64.2 Å². The van der Waals surface area contributed by atoms with E-state index in [4.69, 9.17) is 9.47 Å². The third kappa shape index (κ3) is 2.54. The van der Waals surface area contributed by atoms with Crippen molar-refractivity contribution in [1.82, 2.24) is 0 Å². The van der Waals surface area contributed by atoms with Crippen LogP contribution in [0.2, 0.25) is 0 Å². The average Bonchev–Trinajstić information content (AvgIpc) is 3.15. The lowest BCUT2D eigenvalue weighted by atomic mass is 9.44. The van der Waals surface area contributed by atoms with E-state index < -0.39 is 0 Å². The summed E-state index contributed by atoms with van der Waals surface area (Å²) < 4.78 is 13.4. The maximum absolute atomic E-state index is 6.92. The van der Waals surface area contributed by atoms with Gasteiger partial charge < -0.3 is 9.47 Å². The SMILES string of the molecule is C[C@H]1CC[C@@]2(OC1)OC1C[C@H]3[C@@H]4CC[C@@H]5CCCC[C@]5(C)[C@H]4CC[C@]3(C)C1[C@@H]2C. The summed E-state index contributed by atoms with van der Waals surface area (Å²) in [6, 6.07) is 0. The van der Waals surface area contributed by atoms with Crippen LogP contribution in [0.1, 0.15) is 98.3 Å². The number of hydrogen-bond donors (Lipinski definition) is 0. The van der Waals surface area contributed by atoms with Crippen molar-refractivity contribution in [2.75, 3.05) is 6.61 Å². The van der Waals surface area contributed by atoms with Crippen LogP contribution in [-0.2, 0) is 9.47 Å². The van der Waals surface area contributed by atoms with Gasteiger partial charge in [0.25, 0.3) is 0 Å². The van der Waals surface area contributed by atoms with Crippen molar-refractivity contribution in [3.63, 3.8) is 0 Å². The molecule has 6 rings (SSSR count). The largest absolute Gasteiger partial charge is 0.349 e. The van der Waals surface area contributed by atoms with Crippen LogP contribution in [0.5, 0.6) is 0 Å². The van der Waals surface area contributed by atoms with Crippen LogP contribution in [0.4, 0.5) is 0 Å². The molecular formula is C27H44O2. The molecule has 0 aromatic rings. The van der Waals surface area contributed by atoms with E-state index >= 15 is 0 Å². The van der Waals surface area contributed by atoms with E-state index in [1.54, 1.807) is 0 Å². The van der Waals surface area contributed by atoms with Crippen molar-refractivity contribution in [2.45, 2.75) is 110 Å². The second-order valence-corrected chi connectivity index (χ2v) is 12.9. The average molecular weight is 401 g/mol. The first-order chi connectivity index (χ1) is 13.9. The Morgan fingerprint density at radius 2 is 1.66 bits per heavy atom. The highest BCUT2D eigenvalue weighted by Gasteiger charge is 2.68. The second-order valence-electron chi connectivity index (χ2n) is 12.9. The summed E-state index contributed by atoms with van der Waals surface area (Å²) >= 11 is 0. The molecule has 0 aromatic carbocycles. The molecule has 0 radical (unpaired) electrons. The van der Waals surface area contributed by atoms with Gasteiger partial charge in [0.05, 0.1) is 12.7 Å². The highest BCUT2D eigenvalue weighted by atomic mass is 16.7. The third-order valence-corrected chi connectivity index (χ3v) is 11.9. The van der Waals surface area contributed by atoms with Crippen molar-refractivity contribution in [1.29, 1.82) is 0 Å². The Morgan fingerprint density at radius 1 is 0.793 bits per heavy atom. The first kappa shape index (κ1) is 19.6.